The predicted octanol–water partition coefficient (Wildman–Crippen LogP) is 1.72. The summed E-state index contributed by atoms with van der Waals surface area (Å²) < 4.78 is 1.80. The molecule has 0 saturated carbocycles. The molecule has 0 spiro atoms. The van der Waals surface area contributed by atoms with Crippen LogP contribution in [0.1, 0.15) is 32.2 Å². The molecule has 19 heavy (non-hydrogen) atoms. The summed E-state index contributed by atoms with van der Waals surface area (Å²) in [5.74, 6) is 0.873. The first-order valence-electron chi connectivity index (χ1n) is 6.55. The molecule has 0 radical (unpaired) electrons. The van der Waals surface area contributed by atoms with E-state index in [9.17, 15) is 0 Å². The number of hydrogen-bond acceptors (Lipinski definition) is 4. The predicted molar refractivity (Wildman–Crippen MR) is 75.5 cm³/mol. The molecule has 0 unspecified atom stereocenters. The second-order valence-electron chi connectivity index (χ2n) is 5.66. The molecule has 1 aromatic carbocycles. The molecule has 0 aliphatic rings. The van der Waals surface area contributed by atoms with Crippen LogP contribution in [0, 0.1) is 0 Å². The lowest BCUT2D eigenvalue weighted by Crippen LogP contribution is -2.14. The lowest BCUT2D eigenvalue weighted by molar-refractivity contribution is 0.590. The van der Waals surface area contributed by atoms with Gasteiger partial charge in [0.15, 0.2) is 5.82 Å². The third-order valence-electron chi connectivity index (χ3n) is 3.11. The average Bonchev–Trinajstić information content (AvgIpc) is 2.83. The van der Waals surface area contributed by atoms with E-state index < -0.39 is 0 Å². The summed E-state index contributed by atoms with van der Waals surface area (Å²) in [7, 11) is 1.92. The summed E-state index contributed by atoms with van der Waals surface area (Å²) in [6, 6.07) is 8.41. The van der Waals surface area contributed by atoms with Crippen LogP contribution in [0.2, 0.25) is 0 Å². The SMILES string of the molecule is CNCCc1nnnn1-c1ccc(C(C)(C)C)cc1. The van der Waals surface area contributed by atoms with Crippen LogP contribution in [0.25, 0.3) is 5.69 Å². The molecular weight excluding hydrogens is 238 g/mol. The van der Waals surface area contributed by atoms with Crippen LogP contribution < -0.4 is 5.32 Å². The molecule has 102 valence electrons. The Balaban J connectivity index is 2.25. The fraction of sp³-hybridized carbons (Fsp3) is 0.500. The van der Waals surface area contributed by atoms with Crippen LogP contribution in [-0.2, 0) is 11.8 Å². The van der Waals surface area contributed by atoms with Crippen molar-refractivity contribution < 1.29 is 0 Å². The van der Waals surface area contributed by atoms with Crippen LogP contribution in [0.15, 0.2) is 24.3 Å². The number of tetrazole rings is 1. The van der Waals surface area contributed by atoms with Crippen molar-refractivity contribution in [2.24, 2.45) is 0 Å². The van der Waals surface area contributed by atoms with Crippen molar-refractivity contribution in [1.82, 2.24) is 25.5 Å². The van der Waals surface area contributed by atoms with Gasteiger partial charge in [0.05, 0.1) is 5.69 Å². The van der Waals surface area contributed by atoms with Crippen molar-refractivity contribution in [2.45, 2.75) is 32.6 Å². The molecule has 0 amide bonds. The van der Waals surface area contributed by atoms with E-state index in [1.54, 1.807) is 4.68 Å². The molecule has 5 nitrogen and oxygen atoms in total. The van der Waals surface area contributed by atoms with Gasteiger partial charge in [0, 0.05) is 13.0 Å². The molecule has 2 aromatic rings. The molecule has 0 fully saturated rings. The summed E-state index contributed by atoms with van der Waals surface area (Å²) in [6.45, 7) is 7.48. The number of benzene rings is 1. The molecule has 2 rings (SSSR count). The van der Waals surface area contributed by atoms with E-state index >= 15 is 0 Å². The van der Waals surface area contributed by atoms with Crippen LogP contribution in [0.3, 0.4) is 0 Å². The summed E-state index contributed by atoms with van der Waals surface area (Å²) in [6.07, 6.45) is 0.810. The molecule has 1 heterocycles. The minimum absolute atomic E-state index is 0.161. The van der Waals surface area contributed by atoms with E-state index in [1.165, 1.54) is 5.56 Å². The van der Waals surface area contributed by atoms with Crippen LogP contribution in [-0.4, -0.2) is 33.8 Å². The lowest BCUT2D eigenvalue weighted by Gasteiger charge is -2.19. The second-order valence-corrected chi connectivity index (χ2v) is 5.66. The first-order valence-corrected chi connectivity index (χ1v) is 6.55. The van der Waals surface area contributed by atoms with E-state index in [4.69, 9.17) is 0 Å². The Morgan fingerprint density at radius 3 is 2.42 bits per heavy atom. The van der Waals surface area contributed by atoms with E-state index in [0.29, 0.717) is 0 Å². The van der Waals surface area contributed by atoms with Gasteiger partial charge in [-0.15, -0.1) is 5.10 Å². The van der Waals surface area contributed by atoms with Gasteiger partial charge in [-0.3, -0.25) is 0 Å². The van der Waals surface area contributed by atoms with E-state index in [2.05, 4.69) is 65.9 Å². The van der Waals surface area contributed by atoms with Crippen LogP contribution in [0.5, 0.6) is 0 Å². The Morgan fingerprint density at radius 2 is 1.84 bits per heavy atom. The number of hydrogen-bond donors (Lipinski definition) is 1. The van der Waals surface area contributed by atoms with Gasteiger partial charge in [-0.25, -0.2) is 0 Å². The Kier molecular flexibility index (Phi) is 3.95. The lowest BCUT2D eigenvalue weighted by atomic mass is 9.87. The summed E-state index contributed by atoms with van der Waals surface area (Å²) in [5.41, 5.74) is 2.47. The van der Waals surface area contributed by atoms with Crippen LogP contribution in [0.4, 0.5) is 0 Å². The van der Waals surface area contributed by atoms with Crippen molar-refractivity contribution in [1.29, 1.82) is 0 Å². The molecule has 0 aliphatic heterocycles. The smallest absolute Gasteiger partial charge is 0.157 e. The average molecular weight is 259 g/mol. The first-order chi connectivity index (χ1) is 9.02. The maximum absolute atomic E-state index is 4.06. The number of likely N-dealkylation sites (N-methyl/N-ethyl adjacent to an activating group) is 1. The van der Waals surface area contributed by atoms with Gasteiger partial charge in [0.2, 0.25) is 0 Å². The highest BCUT2D eigenvalue weighted by Gasteiger charge is 2.14. The van der Waals surface area contributed by atoms with Gasteiger partial charge in [-0.05, 0) is 40.6 Å². The zero-order valence-electron chi connectivity index (χ0n) is 12.0. The zero-order chi connectivity index (χ0) is 13.9. The fourth-order valence-corrected chi connectivity index (χ4v) is 1.90. The molecule has 0 saturated heterocycles. The number of rotatable bonds is 4. The number of nitrogens with zero attached hydrogens (tertiary/aromatic N) is 4. The van der Waals surface area contributed by atoms with Crippen molar-refractivity contribution in [3.8, 4) is 5.69 Å². The fourth-order valence-electron chi connectivity index (χ4n) is 1.90. The number of aromatic nitrogens is 4. The quantitative estimate of drug-likeness (QED) is 0.908. The van der Waals surface area contributed by atoms with Crippen LogP contribution >= 0.6 is 0 Å². The zero-order valence-corrected chi connectivity index (χ0v) is 12.0. The molecule has 0 aliphatic carbocycles. The summed E-state index contributed by atoms with van der Waals surface area (Å²) >= 11 is 0. The third kappa shape index (κ3) is 3.17. The molecular formula is C14H21N5. The molecule has 5 heteroatoms. The van der Waals surface area contributed by atoms with E-state index in [1.807, 2.05) is 7.05 Å². The molecule has 0 atom stereocenters. The summed E-state index contributed by atoms with van der Waals surface area (Å²) in [5, 5.41) is 15.0. The van der Waals surface area contributed by atoms with Gasteiger partial charge in [-0.1, -0.05) is 32.9 Å². The van der Waals surface area contributed by atoms with Gasteiger partial charge in [-0.2, -0.15) is 4.68 Å². The normalized spacial score (nSPS) is 11.8. The highest BCUT2D eigenvalue weighted by molar-refractivity contribution is 5.36. The van der Waals surface area contributed by atoms with E-state index in [-0.39, 0.29) is 5.41 Å². The van der Waals surface area contributed by atoms with Crippen molar-refractivity contribution in [3.63, 3.8) is 0 Å². The highest BCUT2D eigenvalue weighted by Crippen LogP contribution is 2.23. The minimum Gasteiger partial charge on any atom is -0.319 e. The Morgan fingerprint density at radius 1 is 1.16 bits per heavy atom. The van der Waals surface area contributed by atoms with Gasteiger partial charge in [0.1, 0.15) is 0 Å². The van der Waals surface area contributed by atoms with Crippen molar-refractivity contribution in [3.05, 3.63) is 35.7 Å². The Bertz CT molecular complexity index is 522. The molecule has 1 N–H and O–H groups in total. The van der Waals surface area contributed by atoms with E-state index in [0.717, 1.165) is 24.5 Å². The third-order valence-corrected chi connectivity index (χ3v) is 3.11. The van der Waals surface area contributed by atoms with Gasteiger partial charge >= 0.3 is 0 Å². The Labute approximate surface area is 114 Å². The van der Waals surface area contributed by atoms with Crippen molar-refractivity contribution in [2.75, 3.05) is 13.6 Å². The summed E-state index contributed by atoms with van der Waals surface area (Å²) in [4.78, 5) is 0. The maximum Gasteiger partial charge on any atom is 0.157 e. The first kappa shape index (κ1) is 13.7. The van der Waals surface area contributed by atoms with Gasteiger partial charge < -0.3 is 5.32 Å². The van der Waals surface area contributed by atoms with Crippen molar-refractivity contribution >= 4 is 0 Å². The number of nitrogens with one attached hydrogen (secondary N) is 1. The Hall–Kier alpha value is -1.75. The minimum atomic E-state index is 0.161. The largest absolute Gasteiger partial charge is 0.319 e. The van der Waals surface area contributed by atoms with Gasteiger partial charge in [0.25, 0.3) is 0 Å². The maximum atomic E-state index is 4.06. The highest BCUT2D eigenvalue weighted by atomic mass is 15.5. The molecule has 0 bridgehead atoms. The monoisotopic (exact) mass is 259 g/mol. The molecule has 1 aromatic heterocycles. The second kappa shape index (κ2) is 5.48. The standard InChI is InChI=1S/C14H21N5/c1-14(2,3)11-5-7-12(8-6-11)19-13(9-10-15-4)16-17-18-19/h5-8,15H,9-10H2,1-4H3. The topological polar surface area (TPSA) is 55.6 Å².